The largest absolute Gasteiger partial charge is 0.464 e. The summed E-state index contributed by atoms with van der Waals surface area (Å²) in [4.78, 5) is 5.30. The van der Waals surface area contributed by atoms with Crippen LogP contribution < -0.4 is 0 Å². The van der Waals surface area contributed by atoms with E-state index in [0.717, 1.165) is 31.4 Å². The molecular weight excluding hydrogens is 312 g/mol. The monoisotopic (exact) mass is 340 g/mol. The molecule has 0 amide bonds. The first-order valence-electron chi connectivity index (χ1n) is 9.40. The van der Waals surface area contributed by atoms with Gasteiger partial charge in [-0.2, -0.15) is 0 Å². The standard InChI is InChI=1S/C21H28N2O2/c1-24-11-9-23-15-18-7-8-20(23)16-22(14-18)13-17-4-2-5-19(12-17)21-6-3-10-25-21/h2-6,10,12,18,20H,7-9,11,13-16H2,1H3/t18-,20+/m1/s1. The first-order chi connectivity index (χ1) is 12.3. The topological polar surface area (TPSA) is 28.9 Å². The molecular formula is C21H28N2O2. The van der Waals surface area contributed by atoms with E-state index < -0.39 is 0 Å². The van der Waals surface area contributed by atoms with E-state index in [-0.39, 0.29) is 0 Å². The predicted molar refractivity (Wildman–Crippen MR) is 99.4 cm³/mol. The van der Waals surface area contributed by atoms with Crippen LogP contribution in [0.15, 0.2) is 47.1 Å². The van der Waals surface area contributed by atoms with Crippen LogP contribution in [0.5, 0.6) is 0 Å². The Labute approximate surface area is 150 Å². The summed E-state index contributed by atoms with van der Waals surface area (Å²) in [6.07, 6.45) is 4.44. The molecule has 134 valence electrons. The van der Waals surface area contributed by atoms with Gasteiger partial charge in [-0.15, -0.1) is 0 Å². The van der Waals surface area contributed by atoms with E-state index in [9.17, 15) is 0 Å². The van der Waals surface area contributed by atoms with Gasteiger partial charge in [0.2, 0.25) is 0 Å². The first kappa shape index (κ1) is 16.8. The van der Waals surface area contributed by atoms with Crippen molar-refractivity contribution in [1.29, 1.82) is 0 Å². The lowest BCUT2D eigenvalue weighted by Crippen LogP contribution is -2.45. The first-order valence-corrected chi connectivity index (χ1v) is 9.40. The highest BCUT2D eigenvalue weighted by molar-refractivity contribution is 5.58. The molecule has 0 spiro atoms. The van der Waals surface area contributed by atoms with Gasteiger partial charge >= 0.3 is 0 Å². The Morgan fingerprint density at radius 2 is 2.08 bits per heavy atom. The Morgan fingerprint density at radius 3 is 2.92 bits per heavy atom. The van der Waals surface area contributed by atoms with Crippen molar-refractivity contribution < 1.29 is 9.15 Å². The molecule has 4 heterocycles. The molecule has 2 bridgehead atoms. The van der Waals surface area contributed by atoms with Gasteiger partial charge in [0.05, 0.1) is 12.9 Å². The van der Waals surface area contributed by atoms with Crippen molar-refractivity contribution in [3.63, 3.8) is 0 Å². The van der Waals surface area contributed by atoms with Gasteiger partial charge in [-0.25, -0.2) is 0 Å². The number of fused-ring (bicyclic) bond motifs is 4. The van der Waals surface area contributed by atoms with Crippen LogP contribution in [0.1, 0.15) is 18.4 Å². The summed E-state index contributed by atoms with van der Waals surface area (Å²) >= 11 is 0. The number of hydrogen-bond acceptors (Lipinski definition) is 4. The SMILES string of the molecule is COCCN1C[C@@H]2CC[C@H]1CN(Cc1cccc(-c3ccco3)c1)C2. The Kier molecular flexibility index (Phi) is 5.20. The fourth-order valence-electron chi connectivity index (χ4n) is 4.41. The Balaban J connectivity index is 1.44. The number of nitrogens with zero attached hydrogens (tertiary/aromatic N) is 2. The van der Waals surface area contributed by atoms with E-state index in [0.29, 0.717) is 6.04 Å². The van der Waals surface area contributed by atoms with Crippen molar-refractivity contribution in [2.45, 2.75) is 25.4 Å². The normalized spacial score (nSPS) is 24.5. The van der Waals surface area contributed by atoms with Gasteiger partial charge in [-0.1, -0.05) is 18.2 Å². The third-order valence-electron chi connectivity index (χ3n) is 5.62. The molecule has 1 aromatic heterocycles. The molecule has 2 aromatic rings. The molecule has 3 saturated heterocycles. The number of piperidine rings is 1. The average Bonchev–Trinajstić information content (AvgIpc) is 3.04. The molecule has 4 heteroatoms. The molecule has 25 heavy (non-hydrogen) atoms. The zero-order valence-corrected chi connectivity index (χ0v) is 15.1. The maximum Gasteiger partial charge on any atom is 0.133 e. The summed E-state index contributed by atoms with van der Waals surface area (Å²) in [5.74, 6) is 1.74. The predicted octanol–water partition coefficient (Wildman–Crippen LogP) is 3.49. The molecule has 0 unspecified atom stereocenters. The highest BCUT2D eigenvalue weighted by Crippen LogP contribution is 2.29. The molecule has 0 radical (unpaired) electrons. The van der Waals surface area contributed by atoms with Crippen LogP contribution in [0, 0.1) is 5.92 Å². The quantitative estimate of drug-likeness (QED) is 0.805. The van der Waals surface area contributed by atoms with E-state index in [1.165, 1.54) is 43.6 Å². The summed E-state index contributed by atoms with van der Waals surface area (Å²) in [6, 6.07) is 13.4. The van der Waals surface area contributed by atoms with Crippen molar-refractivity contribution in [1.82, 2.24) is 9.80 Å². The van der Waals surface area contributed by atoms with Gasteiger partial charge in [0.25, 0.3) is 0 Å². The van der Waals surface area contributed by atoms with E-state index in [4.69, 9.17) is 9.15 Å². The summed E-state index contributed by atoms with van der Waals surface area (Å²) in [6.45, 7) is 6.56. The Morgan fingerprint density at radius 1 is 1.12 bits per heavy atom. The van der Waals surface area contributed by atoms with Gasteiger partial charge in [-0.3, -0.25) is 9.80 Å². The van der Waals surface area contributed by atoms with Crippen LogP contribution in [0.3, 0.4) is 0 Å². The minimum absolute atomic E-state index is 0.683. The second-order valence-electron chi connectivity index (χ2n) is 7.46. The molecule has 1 aromatic carbocycles. The number of furan rings is 1. The van der Waals surface area contributed by atoms with E-state index >= 15 is 0 Å². The van der Waals surface area contributed by atoms with E-state index in [1.807, 2.05) is 12.1 Å². The third kappa shape index (κ3) is 3.97. The van der Waals surface area contributed by atoms with Crippen molar-refractivity contribution in [3.8, 4) is 11.3 Å². The van der Waals surface area contributed by atoms with Crippen LogP contribution >= 0.6 is 0 Å². The van der Waals surface area contributed by atoms with E-state index in [2.05, 4.69) is 34.1 Å². The molecule has 0 saturated carbocycles. The van der Waals surface area contributed by atoms with E-state index in [1.54, 1.807) is 13.4 Å². The minimum atomic E-state index is 0.683. The maximum atomic E-state index is 5.55. The number of hydrogen-bond donors (Lipinski definition) is 0. The molecule has 0 aliphatic carbocycles. The molecule has 0 N–H and O–H groups in total. The van der Waals surface area contributed by atoms with Gasteiger partial charge in [0, 0.05) is 51.4 Å². The van der Waals surface area contributed by atoms with Crippen molar-refractivity contribution in [3.05, 3.63) is 48.2 Å². The third-order valence-corrected chi connectivity index (χ3v) is 5.62. The number of rotatable bonds is 6. The van der Waals surface area contributed by atoms with Crippen LogP contribution in [-0.2, 0) is 11.3 Å². The smallest absolute Gasteiger partial charge is 0.133 e. The molecule has 3 aliphatic heterocycles. The number of benzene rings is 1. The number of ether oxygens (including phenoxy) is 1. The zero-order chi connectivity index (χ0) is 17.1. The molecule has 3 aliphatic rings. The summed E-state index contributed by atoms with van der Waals surface area (Å²) in [7, 11) is 1.80. The van der Waals surface area contributed by atoms with Gasteiger partial charge in [0.15, 0.2) is 0 Å². The average molecular weight is 340 g/mol. The molecule has 2 atom stereocenters. The van der Waals surface area contributed by atoms with Crippen molar-refractivity contribution in [2.75, 3.05) is 39.9 Å². The van der Waals surface area contributed by atoms with Gasteiger partial charge < -0.3 is 9.15 Å². The lowest BCUT2D eigenvalue weighted by atomic mass is 9.95. The van der Waals surface area contributed by atoms with Gasteiger partial charge in [-0.05, 0) is 42.5 Å². The summed E-state index contributed by atoms with van der Waals surface area (Å²) < 4.78 is 10.8. The highest BCUT2D eigenvalue weighted by Gasteiger charge is 2.34. The molecule has 5 rings (SSSR count). The summed E-state index contributed by atoms with van der Waals surface area (Å²) in [5.41, 5.74) is 2.54. The van der Waals surface area contributed by atoms with Crippen LogP contribution in [-0.4, -0.2) is 55.7 Å². The fourth-order valence-corrected chi connectivity index (χ4v) is 4.41. The van der Waals surface area contributed by atoms with Crippen LogP contribution in [0.4, 0.5) is 0 Å². The summed E-state index contributed by atoms with van der Waals surface area (Å²) in [5, 5.41) is 0. The van der Waals surface area contributed by atoms with Crippen molar-refractivity contribution in [2.24, 2.45) is 5.92 Å². The Bertz CT molecular complexity index is 670. The second-order valence-corrected chi connectivity index (χ2v) is 7.46. The molecule has 4 nitrogen and oxygen atoms in total. The number of methoxy groups -OCH3 is 1. The maximum absolute atomic E-state index is 5.55. The van der Waals surface area contributed by atoms with Gasteiger partial charge in [0.1, 0.15) is 5.76 Å². The lowest BCUT2D eigenvalue weighted by molar-refractivity contribution is 0.0867. The second kappa shape index (κ2) is 7.73. The minimum Gasteiger partial charge on any atom is -0.464 e. The highest BCUT2D eigenvalue weighted by atomic mass is 16.5. The van der Waals surface area contributed by atoms with Crippen LogP contribution in [0.2, 0.25) is 0 Å². The fraction of sp³-hybridized carbons (Fsp3) is 0.524. The zero-order valence-electron chi connectivity index (χ0n) is 15.1. The van der Waals surface area contributed by atoms with Crippen molar-refractivity contribution >= 4 is 0 Å². The lowest BCUT2D eigenvalue weighted by Gasteiger charge is -2.35. The molecule has 3 fully saturated rings. The van der Waals surface area contributed by atoms with Crippen LogP contribution in [0.25, 0.3) is 11.3 Å². The Hall–Kier alpha value is -1.62.